The third-order valence-electron chi connectivity index (χ3n) is 4.69. The van der Waals surface area contributed by atoms with E-state index in [1.54, 1.807) is 14.2 Å². The molecule has 0 heterocycles. The molecule has 0 aliphatic heterocycles. The summed E-state index contributed by atoms with van der Waals surface area (Å²) in [7, 11) is 5.40. The molecule has 0 amide bonds. The summed E-state index contributed by atoms with van der Waals surface area (Å²) in [6, 6.07) is 2.52. The summed E-state index contributed by atoms with van der Waals surface area (Å²) in [5, 5.41) is 12.8. The van der Waals surface area contributed by atoms with Crippen molar-refractivity contribution >= 4 is 0 Å². The molecule has 5 heteroatoms. The molecule has 1 aliphatic carbocycles. The van der Waals surface area contributed by atoms with Crippen molar-refractivity contribution in [3.8, 4) is 6.07 Å². The number of hydrogen-bond acceptors (Lipinski definition) is 5. The first-order valence-corrected chi connectivity index (χ1v) is 8.02. The average molecular weight is 297 g/mol. The second kappa shape index (κ2) is 10.1. The van der Waals surface area contributed by atoms with Gasteiger partial charge in [-0.3, -0.25) is 0 Å². The van der Waals surface area contributed by atoms with Crippen LogP contribution in [-0.2, 0) is 9.47 Å². The van der Waals surface area contributed by atoms with E-state index in [2.05, 4.69) is 16.3 Å². The Morgan fingerprint density at radius 2 is 2.00 bits per heavy atom. The lowest BCUT2D eigenvalue weighted by molar-refractivity contribution is 0.126. The van der Waals surface area contributed by atoms with Gasteiger partial charge in [0, 0.05) is 33.9 Å². The zero-order valence-corrected chi connectivity index (χ0v) is 13.9. The van der Waals surface area contributed by atoms with Crippen LogP contribution in [0.2, 0.25) is 0 Å². The van der Waals surface area contributed by atoms with E-state index >= 15 is 0 Å². The molecule has 5 nitrogen and oxygen atoms in total. The summed E-state index contributed by atoms with van der Waals surface area (Å²) in [6.45, 7) is 4.57. The minimum atomic E-state index is -0.306. The molecule has 0 radical (unpaired) electrons. The number of rotatable bonds is 11. The third-order valence-corrected chi connectivity index (χ3v) is 4.69. The minimum Gasteiger partial charge on any atom is -0.385 e. The van der Waals surface area contributed by atoms with Gasteiger partial charge in [0.1, 0.15) is 5.54 Å². The van der Waals surface area contributed by atoms with Crippen molar-refractivity contribution in [2.24, 2.45) is 5.92 Å². The van der Waals surface area contributed by atoms with Crippen molar-refractivity contribution < 1.29 is 9.47 Å². The summed E-state index contributed by atoms with van der Waals surface area (Å²) in [6.07, 6.45) is 5.41. The molecule has 0 spiro atoms. The molecule has 2 unspecified atom stereocenters. The maximum absolute atomic E-state index is 9.50. The standard InChI is InChI=1S/C16H31N3O2/c1-18-16(14-17)8-4-6-15(16)7-10-19(11-13-21-3)9-5-12-20-2/h15,18H,4-13H2,1-3H3. The SMILES string of the molecule is CNC1(C#N)CCCC1CCN(CCCOC)CCOC. The van der Waals surface area contributed by atoms with Crippen LogP contribution in [0.15, 0.2) is 0 Å². The molecule has 0 aromatic rings. The van der Waals surface area contributed by atoms with Crippen LogP contribution in [0.5, 0.6) is 0 Å². The second-order valence-corrected chi connectivity index (χ2v) is 5.89. The Bertz CT molecular complexity index is 319. The molecule has 21 heavy (non-hydrogen) atoms. The fourth-order valence-electron chi connectivity index (χ4n) is 3.33. The highest BCUT2D eigenvalue weighted by Crippen LogP contribution is 2.37. The Balaban J connectivity index is 2.45. The van der Waals surface area contributed by atoms with Gasteiger partial charge in [-0.2, -0.15) is 5.26 Å². The van der Waals surface area contributed by atoms with E-state index in [0.29, 0.717) is 5.92 Å². The average Bonchev–Trinajstić information content (AvgIpc) is 2.93. The Kier molecular flexibility index (Phi) is 8.86. The van der Waals surface area contributed by atoms with E-state index in [9.17, 15) is 5.26 Å². The molecule has 1 fully saturated rings. The molecule has 1 saturated carbocycles. The van der Waals surface area contributed by atoms with E-state index in [1.165, 1.54) is 0 Å². The van der Waals surface area contributed by atoms with Gasteiger partial charge in [0.05, 0.1) is 12.7 Å². The lowest BCUT2D eigenvalue weighted by Crippen LogP contribution is -2.46. The van der Waals surface area contributed by atoms with E-state index in [1.807, 2.05) is 7.05 Å². The third kappa shape index (κ3) is 5.55. The predicted molar refractivity (Wildman–Crippen MR) is 84.2 cm³/mol. The molecule has 0 saturated heterocycles. The molecule has 0 aromatic carbocycles. The van der Waals surface area contributed by atoms with Crippen LogP contribution in [0.1, 0.15) is 32.1 Å². The molecule has 1 aliphatic rings. The van der Waals surface area contributed by atoms with E-state index in [0.717, 1.165) is 65.0 Å². The Hall–Kier alpha value is -0.670. The lowest BCUT2D eigenvalue weighted by Gasteiger charge is -2.30. The zero-order valence-electron chi connectivity index (χ0n) is 13.9. The van der Waals surface area contributed by atoms with Gasteiger partial charge < -0.3 is 19.7 Å². The summed E-state index contributed by atoms with van der Waals surface area (Å²) >= 11 is 0. The van der Waals surface area contributed by atoms with Crippen molar-refractivity contribution in [3.05, 3.63) is 0 Å². The molecule has 1 N–H and O–H groups in total. The van der Waals surface area contributed by atoms with Crippen molar-refractivity contribution in [1.29, 1.82) is 5.26 Å². The van der Waals surface area contributed by atoms with Gasteiger partial charge in [0.2, 0.25) is 0 Å². The van der Waals surface area contributed by atoms with Crippen LogP contribution in [-0.4, -0.2) is 64.6 Å². The summed E-state index contributed by atoms with van der Waals surface area (Å²) < 4.78 is 10.3. The van der Waals surface area contributed by atoms with Crippen LogP contribution in [0.4, 0.5) is 0 Å². The zero-order chi connectivity index (χ0) is 15.6. The topological polar surface area (TPSA) is 57.5 Å². The number of nitrogens with zero attached hydrogens (tertiary/aromatic N) is 2. The molecule has 122 valence electrons. The maximum Gasteiger partial charge on any atom is 0.109 e. The van der Waals surface area contributed by atoms with Crippen LogP contribution in [0, 0.1) is 17.2 Å². The number of methoxy groups -OCH3 is 2. The van der Waals surface area contributed by atoms with Crippen molar-refractivity contribution in [1.82, 2.24) is 10.2 Å². The summed E-state index contributed by atoms with van der Waals surface area (Å²) in [4.78, 5) is 2.43. The largest absolute Gasteiger partial charge is 0.385 e. The number of ether oxygens (including phenoxy) is 2. The maximum atomic E-state index is 9.50. The first kappa shape index (κ1) is 18.4. The predicted octanol–water partition coefficient (Wildman–Crippen LogP) is 1.64. The summed E-state index contributed by atoms with van der Waals surface area (Å²) in [5.74, 6) is 0.458. The van der Waals surface area contributed by atoms with Crippen LogP contribution in [0.3, 0.4) is 0 Å². The first-order chi connectivity index (χ1) is 10.2. The van der Waals surface area contributed by atoms with Crippen LogP contribution in [0.25, 0.3) is 0 Å². The van der Waals surface area contributed by atoms with Gasteiger partial charge in [-0.15, -0.1) is 0 Å². The highest BCUT2D eigenvalue weighted by molar-refractivity contribution is 5.13. The highest BCUT2D eigenvalue weighted by Gasteiger charge is 2.41. The number of nitrogens with one attached hydrogen (secondary N) is 1. The van der Waals surface area contributed by atoms with Crippen LogP contribution < -0.4 is 5.32 Å². The fraction of sp³-hybridized carbons (Fsp3) is 0.938. The van der Waals surface area contributed by atoms with Gasteiger partial charge in [-0.05, 0) is 45.2 Å². The normalized spacial score (nSPS) is 25.4. The van der Waals surface area contributed by atoms with Crippen molar-refractivity contribution in [2.45, 2.75) is 37.6 Å². The van der Waals surface area contributed by atoms with Gasteiger partial charge in [-0.1, -0.05) is 6.42 Å². The Morgan fingerprint density at radius 3 is 2.62 bits per heavy atom. The fourth-order valence-corrected chi connectivity index (χ4v) is 3.33. The van der Waals surface area contributed by atoms with Gasteiger partial charge in [0.25, 0.3) is 0 Å². The Morgan fingerprint density at radius 1 is 1.24 bits per heavy atom. The summed E-state index contributed by atoms with van der Waals surface area (Å²) in [5.41, 5.74) is -0.306. The molecular formula is C16H31N3O2. The molecule has 1 rings (SSSR count). The van der Waals surface area contributed by atoms with Gasteiger partial charge in [-0.25, -0.2) is 0 Å². The monoisotopic (exact) mass is 297 g/mol. The molecular weight excluding hydrogens is 266 g/mol. The Labute approximate surface area is 129 Å². The smallest absolute Gasteiger partial charge is 0.109 e. The van der Waals surface area contributed by atoms with Crippen molar-refractivity contribution in [3.63, 3.8) is 0 Å². The first-order valence-electron chi connectivity index (χ1n) is 8.02. The quantitative estimate of drug-likeness (QED) is 0.588. The van der Waals surface area contributed by atoms with E-state index in [-0.39, 0.29) is 5.54 Å². The minimum absolute atomic E-state index is 0.306. The molecule has 0 aromatic heterocycles. The highest BCUT2D eigenvalue weighted by atomic mass is 16.5. The van der Waals surface area contributed by atoms with Gasteiger partial charge >= 0.3 is 0 Å². The lowest BCUT2D eigenvalue weighted by atomic mass is 9.86. The van der Waals surface area contributed by atoms with Gasteiger partial charge in [0.15, 0.2) is 0 Å². The van der Waals surface area contributed by atoms with E-state index < -0.39 is 0 Å². The number of hydrogen-bond donors (Lipinski definition) is 1. The molecule has 2 atom stereocenters. The van der Waals surface area contributed by atoms with E-state index in [4.69, 9.17) is 9.47 Å². The van der Waals surface area contributed by atoms with Crippen molar-refractivity contribution in [2.75, 3.05) is 54.1 Å². The number of nitriles is 1. The van der Waals surface area contributed by atoms with Crippen LogP contribution >= 0.6 is 0 Å². The second-order valence-electron chi connectivity index (χ2n) is 5.89. The molecule has 0 bridgehead atoms.